The van der Waals surface area contributed by atoms with E-state index in [-0.39, 0.29) is 0 Å². The third-order valence-corrected chi connectivity index (χ3v) is 2.08. The zero-order chi connectivity index (χ0) is 14.6. The Morgan fingerprint density at radius 2 is 2.16 bits per heavy atom. The second-order valence-corrected chi connectivity index (χ2v) is 3.42. The molecule has 0 aliphatic heterocycles. The number of aliphatic hydroxyl groups excluding tert-OH is 1. The van der Waals surface area contributed by atoms with Crippen LogP contribution in [0.4, 0.5) is 5.69 Å². The Morgan fingerprint density at radius 1 is 1.53 bits per heavy atom. The number of carbonyl (C=O) groups excluding carboxylic acids is 1. The van der Waals surface area contributed by atoms with Crippen molar-refractivity contribution < 1.29 is 24.7 Å². The minimum absolute atomic E-state index is 0.497. The number of carboxylic acids is 1. The van der Waals surface area contributed by atoms with Crippen LogP contribution in [0.3, 0.4) is 0 Å². The number of hydrogen-bond donors (Lipinski definition) is 4. The first-order valence-electron chi connectivity index (χ1n) is 4.89. The average Bonchev–Trinajstić information content (AvgIpc) is 2.35. The van der Waals surface area contributed by atoms with E-state index in [1.54, 1.807) is 0 Å². The van der Waals surface area contributed by atoms with E-state index in [4.69, 9.17) is 10.2 Å². The van der Waals surface area contributed by atoms with Gasteiger partial charge in [0.25, 0.3) is 17.2 Å². The van der Waals surface area contributed by atoms with E-state index >= 15 is 0 Å². The highest BCUT2D eigenvalue weighted by Crippen LogP contribution is 2.07. The van der Waals surface area contributed by atoms with Crippen molar-refractivity contribution in [2.75, 3.05) is 6.54 Å². The van der Waals surface area contributed by atoms with Crippen LogP contribution in [-0.2, 0) is 4.79 Å². The fraction of sp³-hybridized carbons (Fsp3) is 0.222. The van der Waals surface area contributed by atoms with Crippen LogP contribution in [0.1, 0.15) is 10.4 Å². The molecule has 0 saturated heterocycles. The second kappa shape index (κ2) is 5.73. The standard InChI is InChI=1S/C9H9N3O7/c13-6(9(16)17)3-11-8(15)5-1-4(12(18)19)2-10-7(5)14/h1-2,6,13H,3H2,(H,10,14)(H,11,15)(H,16,17)/t6-/m0/s1. The molecule has 1 amide bonds. The summed E-state index contributed by atoms with van der Waals surface area (Å²) in [5.41, 5.74) is -1.91. The molecule has 0 aromatic carbocycles. The van der Waals surface area contributed by atoms with Gasteiger partial charge in [0.15, 0.2) is 6.10 Å². The van der Waals surface area contributed by atoms with Gasteiger partial charge in [-0.2, -0.15) is 0 Å². The van der Waals surface area contributed by atoms with Gasteiger partial charge in [-0.25, -0.2) is 4.79 Å². The maximum atomic E-state index is 11.5. The molecule has 19 heavy (non-hydrogen) atoms. The lowest BCUT2D eigenvalue weighted by Crippen LogP contribution is -2.38. The number of amides is 1. The molecule has 1 atom stereocenters. The lowest BCUT2D eigenvalue weighted by atomic mass is 10.2. The van der Waals surface area contributed by atoms with Gasteiger partial charge >= 0.3 is 5.97 Å². The van der Waals surface area contributed by atoms with Crippen LogP contribution in [0, 0.1) is 10.1 Å². The van der Waals surface area contributed by atoms with Crippen molar-refractivity contribution in [3.63, 3.8) is 0 Å². The van der Waals surface area contributed by atoms with E-state index in [1.807, 2.05) is 10.3 Å². The fourth-order valence-corrected chi connectivity index (χ4v) is 1.12. The molecule has 1 aromatic rings. The maximum Gasteiger partial charge on any atom is 0.334 e. The summed E-state index contributed by atoms with van der Waals surface area (Å²) in [6.07, 6.45) is -1.01. The number of nitro groups is 1. The molecule has 102 valence electrons. The van der Waals surface area contributed by atoms with E-state index in [1.165, 1.54) is 0 Å². The first-order chi connectivity index (χ1) is 8.82. The van der Waals surface area contributed by atoms with Crippen LogP contribution in [0.2, 0.25) is 0 Å². The number of H-pyrrole nitrogens is 1. The van der Waals surface area contributed by atoms with E-state index in [0.29, 0.717) is 0 Å². The van der Waals surface area contributed by atoms with Crippen LogP contribution < -0.4 is 10.9 Å². The first kappa shape index (κ1) is 14.3. The van der Waals surface area contributed by atoms with Gasteiger partial charge in [-0.05, 0) is 0 Å². The number of pyridine rings is 1. The SMILES string of the molecule is O=C(NC[C@H](O)C(=O)O)c1cc([N+](=O)[O-])c[nH]c1=O. The van der Waals surface area contributed by atoms with Crippen molar-refractivity contribution >= 4 is 17.6 Å². The van der Waals surface area contributed by atoms with E-state index in [0.717, 1.165) is 12.3 Å². The molecule has 1 rings (SSSR count). The first-order valence-corrected chi connectivity index (χ1v) is 4.89. The van der Waals surface area contributed by atoms with Crippen LogP contribution in [0.5, 0.6) is 0 Å². The monoisotopic (exact) mass is 271 g/mol. The Hall–Kier alpha value is -2.75. The van der Waals surface area contributed by atoms with E-state index in [9.17, 15) is 24.5 Å². The van der Waals surface area contributed by atoms with Gasteiger partial charge in [-0.1, -0.05) is 0 Å². The third-order valence-electron chi connectivity index (χ3n) is 2.08. The van der Waals surface area contributed by atoms with Gasteiger partial charge in [-0.3, -0.25) is 19.7 Å². The van der Waals surface area contributed by atoms with Gasteiger partial charge in [0, 0.05) is 6.07 Å². The van der Waals surface area contributed by atoms with Crippen LogP contribution in [0.15, 0.2) is 17.1 Å². The van der Waals surface area contributed by atoms with Crippen LogP contribution >= 0.6 is 0 Å². The number of aromatic nitrogens is 1. The molecule has 0 fully saturated rings. The number of carboxylic acid groups (broad SMARTS) is 1. The molecular formula is C9H9N3O7. The van der Waals surface area contributed by atoms with Crippen molar-refractivity contribution in [3.8, 4) is 0 Å². The van der Waals surface area contributed by atoms with Gasteiger partial charge < -0.3 is 20.5 Å². The molecule has 0 aliphatic rings. The summed E-state index contributed by atoms with van der Waals surface area (Å²) in [5.74, 6) is -2.57. The van der Waals surface area contributed by atoms with Crippen LogP contribution in [-0.4, -0.2) is 44.6 Å². The van der Waals surface area contributed by atoms with E-state index < -0.39 is 46.3 Å². The molecule has 0 saturated carbocycles. The number of aliphatic hydroxyl groups is 1. The maximum absolute atomic E-state index is 11.5. The molecule has 10 heteroatoms. The number of carbonyl (C=O) groups is 2. The zero-order valence-corrected chi connectivity index (χ0v) is 9.32. The molecule has 0 radical (unpaired) electrons. The molecule has 0 unspecified atom stereocenters. The van der Waals surface area contributed by atoms with Gasteiger partial charge in [0.1, 0.15) is 5.56 Å². The van der Waals surface area contributed by atoms with Crippen molar-refractivity contribution in [1.82, 2.24) is 10.3 Å². The zero-order valence-electron chi connectivity index (χ0n) is 9.32. The minimum atomic E-state index is -1.83. The highest BCUT2D eigenvalue weighted by molar-refractivity contribution is 5.94. The molecule has 1 aromatic heterocycles. The Morgan fingerprint density at radius 3 is 2.68 bits per heavy atom. The Bertz CT molecular complexity index is 579. The third kappa shape index (κ3) is 3.61. The number of nitrogens with zero attached hydrogens (tertiary/aromatic N) is 1. The summed E-state index contributed by atoms with van der Waals surface area (Å²) in [5, 5.41) is 29.8. The van der Waals surface area contributed by atoms with Crippen molar-refractivity contribution in [1.29, 1.82) is 0 Å². The summed E-state index contributed by atoms with van der Waals surface area (Å²) >= 11 is 0. The number of nitrogens with one attached hydrogen (secondary N) is 2. The topological polar surface area (TPSA) is 163 Å². The molecule has 0 bridgehead atoms. The number of hydrogen-bond acceptors (Lipinski definition) is 6. The quantitative estimate of drug-likeness (QED) is 0.372. The number of aliphatic carboxylic acids is 1. The Labute approximate surface area is 104 Å². The molecule has 4 N–H and O–H groups in total. The summed E-state index contributed by atoms with van der Waals surface area (Å²) in [7, 11) is 0. The van der Waals surface area contributed by atoms with Gasteiger partial charge in [0.05, 0.1) is 17.7 Å². The molecule has 0 aliphatic carbocycles. The van der Waals surface area contributed by atoms with Crippen molar-refractivity contribution in [2.24, 2.45) is 0 Å². The Balaban J connectivity index is 2.88. The highest BCUT2D eigenvalue weighted by Gasteiger charge is 2.19. The second-order valence-electron chi connectivity index (χ2n) is 3.42. The molecule has 10 nitrogen and oxygen atoms in total. The fourth-order valence-electron chi connectivity index (χ4n) is 1.12. The summed E-state index contributed by atoms with van der Waals surface area (Å²) in [6.45, 7) is -0.629. The summed E-state index contributed by atoms with van der Waals surface area (Å²) < 4.78 is 0. The number of rotatable bonds is 5. The molecule has 0 spiro atoms. The van der Waals surface area contributed by atoms with Crippen molar-refractivity contribution in [3.05, 3.63) is 38.3 Å². The Kier molecular flexibility index (Phi) is 4.32. The average molecular weight is 271 g/mol. The van der Waals surface area contributed by atoms with Crippen LogP contribution in [0.25, 0.3) is 0 Å². The highest BCUT2D eigenvalue weighted by atomic mass is 16.6. The lowest BCUT2D eigenvalue weighted by molar-refractivity contribution is -0.385. The molecule has 1 heterocycles. The minimum Gasteiger partial charge on any atom is -0.479 e. The van der Waals surface area contributed by atoms with Crippen molar-refractivity contribution in [2.45, 2.75) is 6.10 Å². The van der Waals surface area contributed by atoms with Gasteiger partial charge in [-0.15, -0.1) is 0 Å². The smallest absolute Gasteiger partial charge is 0.334 e. The predicted octanol–water partition coefficient (Wildman–Crippen LogP) is -1.54. The summed E-state index contributed by atoms with van der Waals surface area (Å²) in [4.78, 5) is 44.8. The number of aromatic amines is 1. The largest absolute Gasteiger partial charge is 0.479 e. The van der Waals surface area contributed by atoms with Gasteiger partial charge in [0.2, 0.25) is 0 Å². The van der Waals surface area contributed by atoms with E-state index in [2.05, 4.69) is 0 Å². The predicted molar refractivity (Wildman–Crippen MR) is 59.7 cm³/mol. The normalized spacial score (nSPS) is 11.6. The lowest BCUT2D eigenvalue weighted by Gasteiger charge is -2.07. The molecular weight excluding hydrogens is 262 g/mol. The summed E-state index contributed by atoms with van der Waals surface area (Å²) in [6, 6.07) is 0.751.